The quantitative estimate of drug-likeness (QED) is 0.743. The maximum absolute atomic E-state index is 11.6. The number of hydrogen-bond acceptors (Lipinski definition) is 5. The highest BCUT2D eigenvalue weighted by atomic mass is 16.6. The van der Waals surface area contributed by atoms with Gasteiger partial charge in [-0.25, -0.2) is 4.79 Å². The summed E-state index contributed by atoms with van der Waals surface area (Å²) in [5.41, 5.74) is 0.456. The molecule has 5 heteroatoms. The van der Waals surface area contributed by atoms with Crippen molar-refractivity contribution < 1.29 is 23.8 Å². The highest BCUT2D eigenvalue weighted by molar-refractivity contribution is 5.80. The first-order chi connectivity index (χ1) is 8.10. The maximum Gasteiger partial charge on any atom is 0.352 e. The summed E-state index contributed by atoms with van der Waals surface area (Å²) in [6, 6.07) is 6.79. The molecule has 1 aromatic rings. The van der Waals surface area contributed by atoms with E-state index < -0.39 is 18.0 Å². The second-order valence-electron chi connectivity index (χ2n) is 3.25. The SMILES string of the molecule is COC(=O)C(OC(C)=O)c1ccccc1OC. The van der Waals surface area contributed by atoms with Crippen molar-refractivity contribution in [1.29, 1.82) is 0 Å². The van der Waals surface area contributed by atoms with Gasteiger partial charge in [-0.05, 0) is 6.07 Å². The van der Waals surface area contributed by atoms with Crippen molar-refractivity contribution in [2.45, 2.75) is 13.0 Å². The number of ether oxygens (including phenoxy) is 3. The number of benzene rings is 1. The van der Waals surface area contributed by atoms with Crippen LogP contribution in [0.4, 0.5) is 0 Å². The van der Waals surface area contributed by atoms with Crippen molar-refractivity contribution in [2.75, 3.05) is 14.2 Å². The van der Waals surface area contributed by atoms with E-state index in [0.29, 0.717) is 11.3 Å². The number of carbonyl (C=O) groups excluding carboxylic acids is 2. The minimum atomic E-state index is -1.10. The number of methoxy groups -OCH3 is 2. The Balaban J connectivity index is 3.11. The summed E-state index contributed by atoms with van der Waals surface area (Å²) >= 11 is 0. The van der Waals surface area contributed by atoms with Crippen molar-refractivity contribution in [3.8, 4) is 5.75 Å². The van der Waals surface area contributed by atoms with Crippen molar-refractivity contribution >= 4 is 11.9 Å². The first-order valence-corrected chi connectivity index (χ1v) is 4.98. The third-order valence-electron chi connectivity index (χ3n) is 2.12. The lowest BCUT2D eigenvalue weighted by Crippen LogP contribution is -2.20. The van der Waals surface area contributed by atoms with E-state index in [1.807, 2.05) is 0 Å². The highest BCUT2D eigenvalue weighted by Gasteiger charge is 2.27. The number of esters is 2. The van der Waals surface area contributed by atoms with E-state index in [-0.39, 0.29) is 0 Å². The number of para-hydroxylation sites is 1. The van der Waals surface area contributed by atoms with E-state index in [9.17, 15) is 9.59 Å². The van der Waals surface area contributed by atoms with Crippen LogP contribution in [0.15, 0.2) is 24.3 Å². The average molecular weight is 238 g/mol. The molecular formula is C12H14O5. The second kappa shape index (κ2) is 5.89. The molecule has 0 aliphatic heterocycles. The molecule has 0 spiro atoms. The summed E-state index contributed by atoms with van der Waals surface area (Å²) in [7, 11) is 2.70. The molecule has 0 bridgehead atoms. The van der Waals surface area contributed by atoms with Gasteiger partial charge >= 0.3 is 11.9 Å². The zero-order valence-corrected chi connectivity index (χ0v) is 9.93. The molecule has 0 fully saturated rings. The molecule has 0 aliphatic rings. The summed E-state index contributed by atoms with van der Waals surface area (Å²) in [5.74, 6) is -0.750. The Morgan fingerprint density at radius 1 is 1.18 bits per heavy atom. The van der Waals surface area contributed by atoms with Crippen LogP contribution in [-0.4, -0.2) is 26.2 Å². The first-order valence-electron chi connectivity index (χ1n) is 4.98. The Bertz CT molecular complexity index is 413. The van der Waals surface area contributed by atoms with Gasteiger partial charge in [-0.15, -0.1) is 0 Å². The van der Waals surface area contributed by atoms with Gasteiger partial charge in [-0.3, -0.25) is 4.79 Å². The van der Waals surface area contributed by atoms with Crippen LogP contribution >= 0.6 is 0 Å². The zero-order chi connectivity index (χ0) is 12.8. The standard InChI is InChI=1S/C12H14O5/c1-8(13)17-11(12(14)16-3)9-6-4-5-7-10(9)15-2/h4-7,11H,1-3H3. The van der Waals surface area contributed by atoms with Crippen LogP contribution in [0.1, 0.15) is 18.6 Å². The van der Waals surface area contributed by atoms with Crippen molar-refractivity contribution in [1.82, 2.24) is 0 Å². The molecule has 0 aromatic heterocycles. The molecule has 0 saturated carbocycles. The van der Waals surface area contributed by atoms with E-state index >= 15 is 0 Å². The van der Waals surface area contributed by atoms with Crippen LogP contribution in [0.5, 0.6) is 5.75 Å². The predicted octanol–water partition coefficient (Wildman–Crippen LogP) is 1.47. The molecule has 1 atom stereocenters. The Hall–Kier alpha value is -2.04. The fourth-order valence-electron chi connectivity index (χ4n) is 1.39. The summed E-state index contributed by atoms with van der Waals surface area (Å²) in [6.45, 7) is 1.23. The third-order valence-corrected chi connectivity index (χ3v) is 2.12. The molecule has 92 valence electrons. The molecule has 0 saturated heterocycles. The van der Waals surface area contributed by atoms with Crippen molar-refractivity contribution in [3.05, 3.63) is 29.8 Å². The van der Waals surface area contributed by atoms with Crippen LogP contribution in [0.25, 0.3) is 0 Å². The number of hydrogen-bond donors (Lipinski definition) is 0. The Morgan fingerprint density at radius 3 is 2.35 bits per heavy atom. The van der Waals surface area contributed by atoms with Gasteiger partial charge in [-0.2, -0.15) is 0 Å². The van der Waals surface area contributed by atoms with Gasteiger partial charge in [0.15, 0.2) is 0 Å². The van der Waals surface area contributed by atoms with Crippen molar-refractivity contribution in [3.63, 3.8) is 0 Å². The average Bonchev–Trinajstić information content (AvgIpc) is 2.34. The van der Waals surface area contributed by atoms with Crippen LogP contribution < -0.4 is 4.74 Å². The molecule has 1 aromatic carbocycles. The Morgan fingerprint density at radius 2 is 1.82 bits per heavy atom. The lowest BCUT2D eigenvalue weighted by Gasteiger charge is -2.17. The molecule has 5 nitrogen and oxygen atoms in total. The fraction of sp³-hybridized carbons (Fsp3) is 0.333. The molecule has 1 rings (SSSR count). The number of rotatable bonds is 4. The van der Waals surface area contributed by atoms with Gasteiger partial charge in [0.1, 0.15) is 5.75 Å². The molecular weight excluding hydrogens is 224 g/mol. The molecule has 0 amide bonds. The predicted molar refractivity (Wildman–Crippen MR) is 59.5 cm³/mol. The molecule has 0 aliphatic carbocycles. The fourth-order valence-corrected chi connectivity index (χ4v) is 1.39. The summed E-state index contributed by atoms with van der Waals surface area (Å²) in [5, 5.41) is 0. The van der Waals surface area contributed by atoms with Gasteiger partial charge in [-0.1, -0.05) is 18.2 Å². The van der Waals surface area contributed by atoms with E-state index in [0.717, 1.165) is 0 Å². The largest absolute Gasteiger partial charge is 0.496 e. The number of carbonyl (C=O) groups is 2. The summed E-state index contributed by atoms with van der Waals surface area (Å²) in [6.07, 6.45) is -1.10. The molecule has 0 N–H and O–H groups in total. The van der Waals surface area contributed by atoms with Gasteiger partial charge < -0.3 is 14.2 Å². The minimum Gasteiger partial charge on any atom is -0.496 e. The van der Waals surface area contributed by atoms with E-state index in [4.69, 9.17) is 9.47 Å². The Labute approximate surface area is 99.3 Å². The smallest absolute Gasteiger partial charge is 0.352 e. The van der Waals surface area contributed by atoms with E-state index in [1.54, 1.807) is 24.3 Å². The van der Waals surface area contributed by atoms with Crippen LogP contribution in [0.2, 0.25) is 0 Å². The molecule has 17 heavy (non-hydrogen) atoms. The normalized spacial score (nSPS) is 11.5. The van der Waals surface area contributed by atoms with Gasteiger partial charge in [0.25, 0.3) is 0 Å². The molecule has 0 radical (unpaired) electrons. The van der Waals surface area contributed by atoms with Crippen LogP contribution in [0.3, 0.4) is 0 Å². The minimum absolute atomic E-state index is 0.456. The van der Waals surface area contributed by atoms with Crippen molar-refractivity contribution in [2.24, 2.45) is 0 Å². The first kappa shape index (κ1) is 13.0. The van der Waals surface area contributed by atoms with Crippen LogP contribution in [0, 0.1) is 0 Å². The zero-order valence-electron chi connectivity index (χ0n) is 9.93. The highest BCUT2D eigenvalue weighted by Crippen LogP contribution is 2.28. The summed E-state index contributed by atoms with van der Waals surface area (Å²) in [4.78, 5) is 22.5. The van der Waals surface area contributed by atoms with Crippen LogP contribution in [-0.2, 0) is 19.1 Å². The van der Waals surface area contributed by atoms with Gasteiger partial charge in [0.2, 0.25) is 6.10 Å². The summed E-state index contributed by atoms with van der Waals surface area (Å²) < 4.78 is 14.6. The lowest BCUT2D eigenvalue weighted by atomic mass is 10.1. The topological polar surface area (TPSA) is 61.8 Å². The third kappa shape index (κ3) is 3.21. The van der Waals surface area contributed by atoms with Gasteiger partial charge in [0.05, 0.1) is 14.2 Å². The Kier molecular flexibility index (Phi) is 4.51. The molecule has 1 unspecified atom stereocenters. The lowest BCUT2D eigenvalue weighted by molar-refractivity contribution is -0.165. The van der Waals surface area contributed by atoms with E-state index in [1.165, 1.54) is 21.1 Å². The monoisotopic (exact) mass is 238 g/mol. The maximum atomic E-state index is 11.6. The van der Waals surface area contributed by atoms with Gasteiger partial charge in [0, 0.05) is 12.5 Å². The van der Waals surface area contributed by atoms with E-state index in [2.05, 4.69) is 4.74 Å². The second-order valence-corrected chi connectivity index (χ2v) is 3.25. The molecule has 0 heterocycles.